The summed E-state index contributed by atoms with van der Waals surface area (Å²) >= 11 is 0. The quantitative estimate of drug-likeness (QED) is 0.210. The minimum Gasteiger partial charge on any atom is -0.480 e. The number of carbonyl (C=O) groups is 4. The third-order valence-electron chi connectivity index (χ3n) is 1.77. The predicted octanol–water partition coefficient (Wildman–Crippen LogP) is -4.95. The van der Waals surface area contributed by atoms with Gasteiger partial charge in [0.2, 0.25) is 5.91 Å². The van der Waals surface area contributed by atoms with Gasteiger partial charge < -0.3 is 48.5 Å². The number of carboxylic acids is 3. The second kappa shape index (κ2) is 14.6. The average molecular weight is 342 g/mol. The molecule has 0 aliphatic rings. The Labute approximate surface area is 130 Å². The minimum absolute atomic E-state index is 0.310. The molecule has 0 aromatic rings. The summed E-state index contributed by atoms with van der Waals surface area (Å²) in [6.07, 6.45) is -0.310. The number of rotatable bonds is 7. The Kier molecular flexibility index (Phi) is 16.3. The van der Waals surface area contributed by atoms with Crippen LogP contribution in [-0.2, 0) is 19.2 Å². The van der Waals surface area contributed by atoms with Gasteiger partial charge >= 0.3 is 17.9 Å². The smallest absolute Gasteiger partial charge is 0.322 e. The van der Waals surface area contributed by atoms with E-state index in [2.05, 4.69) is 5.73 Å². The third-order valence-corrected chi connectivity index (χ3v) is 1.77. The van der Waals surface area contributed by atoms with E-state index in [0.717, 1.165) is 0 Å². The van der Waals surface area contributed by atoms with E-state index in [1.165, 1.54) is 0 Å². The van der Waals surface area contributed by atoms with E-state index < -0.39 is 55.2 Å². The fourth-order valence-electron chi connectivity index (χ4n) is 0.460. The lowest BCUT2D eigenvalue weighted by molar-refractivity contribution is -0.140. The zero-order chi connectivity index (χ0) is 19.2. The Bertz CT molecular complexity index is 371. The van der Waals surface area contributed by atoms with Crippen molar-refractivity contribution in [2.75, 3.05) is 13.2 Å². The highest BCUT2D eigenvalue weighted by atomic mass is 16.4. The number of primary amides is 1. The summed E-state index contributed by atoms with van der Waals surface area (Å²) in [4.78, 5) is 39.2. The van der Waals surface area contributed by atoms with Gasteiger partial charge in [-0.1, -0.05) is 0 Å². The van der Waals surface area contributed by atoms with Gasteiger partial charge in [0.15, 0.2) is 0 Å². The Morgan fingerprint density at radius 3 is 1.00 bits per heavy atom. The van der Waals surface area contributed by atoms with Crippen molar-refractivity contribution < 1.29 is 44.7 Å². The molecule has 0 rings (SSSR count). The van der Waals surface area contributed by atoms with Crippen LogP contribution in [-0.4, -0.2) is 80.7 Å². The molecule has 13 heteroatoms. The van der Waals surface area contributed by atoms with Crippen LogP contribution < -0.4 is 22.9 Å². The molecule has 0 aromatic heterocycles. The maximum Gasteiger partial charge on any atom is 0.322 e. The molecule has 1 amide bonds. The maximum absolute atomic E-state index is 9.99. The van der Waals surface area contributed by atoms with Crippen molar-refractivity contribution in [1.82, 2.24) is 0 Å². The number of hydrogen-bond donors (Lipinski definition) is 9. The summed E-state index contributed by atoms with van der Waals surface area (Å²) in [5.41, 5.74) is 19.1. The van der Waals surface area contributed by atoms with Crippen molar-refractivity contribution in [3.63, 3.8) is 0 Å². The molecule has 3 atom stereocenters. The standard InChI is InChI=1S/C4H8N2O3.2C3H7NO3/c5-2(4(8)9)1-3(6)7;2*4-2(1-5)3(6)7/h2H,1,5H2,(H2,6,7)(H,8,9);2*2,5H,1,4H2,(H,6,7). The zero-order valence-electron chi connectivity index (χ0n) is 12.0. The minimum atomic E-state index is -1.21. The number of aliphatic hydroxyl groups excluding tert-OH is 2. The summed E-state index contributed by atoms with van der Waals surface area (Å²) < 4.78 is 0. The zero-order valence-corrected chi connectivity index (χ0v) is 12.0. The molecule has 13 N–H and O–H groups in total. The maximum atomic E-state index is 9.99. The largest absolute Gasteiger partial charge is 0.480 e. The summed E-state index contributed by atoms with van der Waals surface area (Å²) in [6.45, 7) is -1.01. The van der Waals surface area contributed by atoms with Crippen LogP contribution in [0.1, 0.15) is 6.42 Å². The number of hydrogen-bond acceptors (Lipinski definition) is 9. The SMILES string of the molecule is NC(=O)CC(N)C(=O)O.NC(CO)C(=O)O.NC(CO)C(=O)O. The van der Waals surface area contributed by atoms with Crippen molar-refractivity contribution in [2.45, 2.75) is 24.5 Å². The normalized spacial score (nSPS) is 13.1. The van der Waals surface area contributed by atoms with Gasteiger partial charge in [0.1, 0.15) is 18.1 Å². The topological polar surface area (TPSA) is 274 Å². The van der Waals surface area contributed by atoms with Crippen molar-refractivity contribution in [3.05, 3.63) is 0 Å². The lowest BCUT2D eigenvalue weighted by Gasteiger charge is -1.99. The van der Waals surface area contributed by atoms with Crippen LogP contribution in [0.25, 0.3) is 0 Å². The molecule has 3 unspecified atom stereocenters. The predicted molar refractivity (Wildman–Crippen MR) is 74.8 cm³/mol. The van der Waals surface area contributed by atoms with Gasteiger partial charge in [-0.15, -0.1) is 0 Å². The number of nitrogens with two attached hydrogens (primary N) is 4. The van der Waals surface area contributed by atoms with Crippen LogP contribution in [0.4, 0.5) is 0 Å². The molecule has 0 aromatic carbocycles. The first-order valence-electron chi connectivity index (χ1n) is 5.85. The highest BCUT2D eigenvalue weighted by Crippen LogP contribution is 1.84. The number of aliphatic carboxylic acids is 3. The van der Waals surface area contributed by atoms with Gasteiger partial charge in [-0.25, -0.2) is 0 Å². The molecule has 13 nitrogen and oxygen atoms in total. The van der Waals surface area contributed by atoms with Crippen molar-refractivity contribution in [1.29, 1.82) is 0 Å². The molecule has 0 bridgehead atoms. The van der Waals surface area contributed by atoms with E-state index in [9.17, 15) is 19.2 Å². The van der Waals surface area contributed by atoms with Crippen LogP contribution >= 0.6 is 0 Å². The second-order valence-corrected chi connectivity index (χ2v) is 3.87. The van der Waals surface area contributed by atoms with Gasteiger partial charge in [0.05, 0.1) is 19.6 Å². The number of amides is 1. The van der Waals surface area contributed by atoms with E-state index in [1.807, 2.05) is 0 Å². The molecular formula is C10H22N4O9. The van der Waals surface area contributed by atoms with Gasteiger partial charge in [0.25, 0.3) is 0 Å². The molecule has 0 fully saturated rings. The molecule has 23 heavy (non-hydrogen) atoms. The van der Waals surface area contributed by atoms with E-state index in [1.54, 1.807) is 0 Å². The highest BCUT2D eigenvalue weighted by molar-refractivity contribution is 5.83. The molecule has 136 valence electrons. The highest BCUT2D eigenvalue weighted by Gasteiger charge is 2.13. The van der Waals surface area contributed by atoms with Gasteiger partial charge in [0, 0.05) is 0 Å². The van der Waals surface area contributed by atoms with E-state index in [0.29, 0.717) is 0 Å². The molecule has 0 aliphatic heterocycles. The summed E-state index contributed by atoms with van der Waals surface area (Å²) in [6, 6.07) is -3.41. The lowest BCUT2D eigenvalue weighted by Crippen LogP contribution is -2.34. The lowest BCUT2D eigenvalue weighted by atomic mass is 10.2. The van der Waals surface area contributed by atoms with Crippen LogP contribution in [0.15, 0.2) is 0 Å². The summed E-state index contributed by atoms with van der Waals surface area (Å²) in [7, 11) is 0. The van der Waals surface area contributed by atoms with Gasteiger partial charge in [-0.3, -0.25) is 19.2 Å². The summed E-state index contributed by atoms with van der Waals surface area (Å²) in [5, 5.41) is 39.9. The summed E-state index contributed by atoms with van der Waals surface area (Å²) in [5.74, 6) is -4.27. The van der Waals surface area contributed by atoms with Crippen LogP contribution in [0.2, 0.25) is 0 Å². The van der Waals surface area contributed by atoms with E-state index >= 15 is 0 Å². The van der Waals surface area contributed by atoms with Crippen LogP contribution in [0.3, 0.4) is 0 Å². The Hall–Kier alpha value is -2.32. The Morgan fingerprint density at radius 1 is 0.696 bits per heavy atom. The van der Waals surface area contributed by atoms with E-state index in [-0.39, 0.29) is 6.42 Å². The third kappa shape index (κ3) is 19.7. The molecule has 0 aliphatic carbocycles. The van der Waals surface area contributed by atoms with E-state index in [4.69, 9.17) is 42.7 Å². The number of carbonyl (C=O) groups excluding carboxylic acids is 1. The molecule has 0 saturated heterocycles. The first-order chi connectivity index (χ1) is 10.4. The van der Waals surface area contributed by atoms with Gasteiger partial charge in [-0.2, -0.15) is 0 Å². The fraction of sp³-hybridized carbons (Fsp3) is 0.600. The molecular weight excluding hydrogens is 320 g/mol. The monoisotopic (exact) mass is 342 g/mol. The first-order valence-corrected chi connectivity index (χ1v) is 5.85. The fourth-order valence-corrected chi connectivity index (χ4v) is 0.460. The first kappa shape index (κ1) is 25.6. The molecule has 0 spiro atoms. The van der Waals surface area contributed by atoms with Crippen molar-refractivity contribution in [3.8, 4) is 0 Å². The second-order valence-electron chi connectivity index (χ2n) is 3.87. The number of carboxylic acid groups (broad SMARTS) is 3. The van der Waals surface area contributed by atoms with Gasteiger partial charge in [-0.05, 0) is 0 Å². The molecule has 0 radical (unpaired) electrons. The average Bonchev–Trinajstić information content (AvgIpc) is 2.45. The van der Waals surface area contributed by atoms with Crippen molar-refractivity contribution in [2.24, 2.45) is 22.9 Å². The molecule has 0 heterocycles. The van der Waals surface area contributed by atoms with Crippen molar-refractivity contribution >= 4 is 23.8 Å². The van der Waals surface area contributed by atoms with Crippen LogP contribution in [0.5, 0.6) is 0 Å². The van der Waals surface area contributed by atoms with Crippen LogP contribution in [0, 0.1) is 0 Å². The number of aliphatic hydroxyl groups is 2. The Morgan fingerprint density at radius 2 is 0.957 bits per heavy atom. The Balaban J connectivity index is -0.000000264. The molecule has 0 saturated carbocycles.